The van der Waals surface area contributed by atoms with Gasteiger partial charge in [0.15, 0.2) is 0 Å². The predicted molar refractivity (Wildman–Crippen MR) is 41.8 cm³/mol. The van der Waals surface area contributed by atoms with E-state index >= 15 is 0 Å². The van der Waals surface area contributed by atoms with Gasteiger partial charge in [0, 0.05) is 25.2 Å². The Bertz CT molecular complexity index is 345. The first kappa shape index (κ1) is 7.02. The van der Waals surface area contributed by atoms with Gasteiger partial charge >= 0.3 is 0 Å². The molecule has 0 unspecified atom stereocenters. The van der Waals surface area contributed by atoms with Crippen LogP contribution in [0.1, 0.15) is 0 Å². The molecular weight excluding hydrogens is 164 g/mol. The molecule has 2 rings (SSSR count). The molecule has 0 aliphatic carbocycles. The molecule has 11 heavy (non-hydrogen) atoms. The van der Waals surface area contributed by atoms with Gasteiger partial charge in [-0.05, 0) is 5.57 Å². The smallest absolute Gasteiger partial charge is 0.232 e. The van der Waals surface area contributed by atoms with E-state index < -0.39 is 10.3 Å². The number of hydrogen-bond donors (Lipinski definition) is 2. The van der Waals surface area contributed by atoms with Crippen LogP contribution in [0.3, 0.4) is 0 Å². The van der Waals surface area contributed by atoms with Crippen molar-refractivity contribution >= 4 is 15.3 Å². The SMILES string of the molecule is O=S(=O)=C1NCC2=C1CNC2. The Morgan fingerprint density at radius 1 is 1.18 bits per heavy atom. The number of rotatable bonds is 0. The standard InChI is InChI=1S/C6H8N2O2S/c9-11(10)6-5-3-7-1-4(5)2-8-6/h7-8H,1-3H2. The summed E-state index contributed by atoms with van der Waals surface area (Å²) in [5.41, 5.74) is 2.13. The molecule has 0 amide bonds. The number of hydrogen-bond acceptors (Lipinski definition) is 3. The van der Waals surface area contributed by atoms with E-state index in [1.807, 2.05) is 0 Å². The molecule has 2 aliphatic rings. The van der Waals surface area contributed by atoms with E-state index in [1.54, 1.807) is 0 Å². The minimum atomic E-state index is -2.09. The van der Waals surface area contributed by atoms with E-state index in [0.29, 0.717) is 18.1 Å². The van der Waals surface area contributed by atoms with Gasteiger partial charge in [0.25, 0.3) is 0 Å². The Kier molecular flexibility index (Phi) is 1.56. The molecule has 2 aliphatic heterocycles. The zero-order valence-corrected chi connectivity index (χ0v) is 6.66. The second-order valence-electron chi connectivity index (χ2n) is 2.60. The Morgan fingerprint density at radius 2 is 2.00 bits per heavy atom. The minimum Gasteiger partial charge on any atom is -0.309 e. The molecule has 4 nitrogen and oxygen atoms in total. The molecule has 0 radical (unpaired) electrons. The van der Waals surface area contributed by atoms with Crippen molar-refractivity contribution in [2.24, 2.45) is 0 Å². The molecule has 0 aromatic heterocycles. The molecule has 0 saturated heterocycles. The minimum absolute atomic E-state index is 0.380. The summed E-state index contributed by atoms with van der Waals surface area (Å²) in [5.74, 6) is 0. The van der Waals surface area contributed by atoms with Crippen LogP contribution in [0.15, 0.2) is 11.1 Å². The second-order valence-corrected chi connectivity index (χ2v) is 3.48. The molecule has 5 heteroatoms. The summed E-state index contributed by atoms with van der Waals surface area (Å²) in [6.07, 6.45) is 0. The maximum absolute atomic E-state index is 10.6. The van der Waals surface area contributed by atoms with Gasteiger partial charge in [-0.15, -0.1) is 0 Å². The molecule has 0 saturated carbocycles. The lowest BCUT2D eigenvalue weighted by Gasteiger charge is -1.97. The zero-order chi connectivity index (χ0) is 7.84. The van der Waals surface area contributed by atoms with Crippen LogP contribution in [0.4, 0.5) is 0 Å². The third-order valence-electron chi connectivity index (χ3n) is 1.97. The van der Waals surface area contributed by atoms with E-state index in [1.165, 1.54) is 5.57 Å². The van der Waals surface area contributed by atoms with E-state index in [9.17, 15) is 8.42 Å². The first-order valence-corrected chi connectivity index (χ1v) is 4.48. The fourth-order valence-electron chi connectivity index (χ4n) is 1.43. The van der Waals surface area contributed by atoms with Crippen LogP contribution in [0.5, 0.6) is 0 Å². The molecule has 0 bridgehead atoms. The van der Waals surface area contributed by atoms with Crippen LogP contribution < -0.4 is 10.6 Å². The zero-order valence-electron chi connectivity index (χ0n) is 5.85. The first-order valence-electron chi connectivity index (χ1n) is 3.41. The van der Waals surface area contributed by atoms with Gasteiger partial charge in [0.05, 0.1) is 0 Å². The van der Waals surface area contributed by atoms with Crippen LogP contribution in [0.2, 0.25) is 0 Å². The largest absolute Gasteiger partial charge is 0.309 e. The van der Waals surface area contributed by atoms with Crippen LogP contribution in [-0.4, -0.2) is 33.0 Å². The van der Waals surface area contributed by atoms with Crippen molar-refractivity contribution in [3.63, 3.8) is 0 Å². The highest BCUT2D eigenvalue weighted by Gasteiger charge is 2.25. The third kappa shape index (κ3) is 1.01. The molecule has 2 heterocycles. The van der Waals surface area contributed by atoms with Crippen LogP contribution >= 0.6 is 0 Å². The van der Waals surface area contributed by atoms with Gasteiger partial charge in [-0.25, -0.2) is 0 Å². The lowest BCUT2D eigenvalue weighted by Crippen LogP contribution is -2.26. The summed E-state index contributed by atoms with van der Waals surface area (Å²) in [7, 11) is -2.09. The first-order chi connectivity index (χ1) is 5.29. The Balaban J connectivity index is 2.52. The summed E-state index contributed by atoms with van der Waals surface area (Å²) >= 11 is 0. The topological polar surface area (TPSA) is 58.2 Å². The molecule has 0 aromatic rings. The maximum atomic E-state index is 10.6. The predicted octanol–water partition coefficient (Wildman–Crippen LogP) is -1.50. The normalized spacial score (nSPS) is 22.7. The maximum Gasteiger partial charge on any atom is 0.232 e. The fourth-order valence-corrected chi connectivity index (χ4v) is 2.04. The van der Waals surface area contributed by atoms with Gasteiger partial charge in [-0.1, -0.05) is 0 Å². The third-order valence-corrected chi connectivity index (χ3v) is 2.69. The molecular formula is C6H8N2O2S. The number of nitrogens with one attached hydrogen (secondary N) is 2. The summed E-state index contributed by atoms with van der Waals surface area (Å²) in [5, 5.41) is 5.95. The highest BCUT2D eigenvalue weighted by molar-refractivity contribution is 7.73. The molecule has 0 atom stereocenters. The average molecular weight is 172 g/mol. The lowest BCUT2D eigenvalue weighted by atomic mass is 10.2. The van der Waals surface area contributed by atoms with Gasteiger partial charge in [0.2, 0.25) is 10.3 Å². The van der Waals surface area contributed by atoms with Gasteiger partial charge in [0.1, 0.15) is 4.99 Å². The van der Waals surface area contributed by atoms with Crippen LogP contribution in [0, 0.1) is 0 Å². The quantitative estimate of drug-likeness (QED) is 0.437. The molecule has 60 valence electrons. The molecule has 0 aromatic carbocycles. The van der Waals surface area contributed by atoms with E-state index in [4.69, 9.17) is 0 Å². The molecule has 0 spiro atoms. The van der Waals surface area contributed by atoms with E-state index in [-0.39, 0.29) is 0 Å². The van der Waals surface area contributed by atoms with E-state index in [0.717, 1.165) is 12.1 Å². The van der Waals surface area contributed by atoms with Crippen molar-refractivity contribution in [2.45, 2.75) is 0 Å². The van der Waals surface area contributed by atoms with Gasteiger partial charge in [-0.2, -0.15) is 8.42 Å². The second kappa shape index (κ2) is 2.44. The lowest BCUT2D eigenvalue weighted by molar-refractivity contribution is 0.626. The summed E-state index contributed by atoms with van der Waals surface area (Å²) < 4.78 is 21.2. The highest BCUT2D eigenvalue weighted by atomic mass is 32.2. The van der Waals surface area contributed by atoms with Gasteiger partial charge < -0.3 is 5.32 Å². The Labute approximate surface area is 65.8 Å². The highest BCUT2D eigenvalue weighted by Crippen LogP contribution is 2.14. The molecule has 0 fully saturated rings. The van der Waals surface area contributed by atoms with Crippen molar-refractivity contribution < 1.29 is 8.42 Å². The van der Waals surface area contributed by atoms with Crippen LogP contribution in [0.25, 0.3) is 0 Å². The fraction of sp³-hybridized carbons (Fsp3) is 0.500. The van der Waals surface area contributed by atoms with Crippen molar-refractivity contribution in [1.29, 1.82) is 0 Å². The average Bonchev–Trinajstić information content (AvgIpc) is 2.41. The van der Waals surface area contributed by atoms with Gasteiger partial charge in [-0.3, -0.25) is 5.32 Å². The summed E-state index contributed by atoms with van der Waals surface area (Å²) in [6, 6.07) is 0. The monoisotopic (exact) mass is 172 g/mol. The van der Waals surface area contributed by atoms with Crippen molar-refractivity contribution in [2.75, 3.05) is 19.6 Å². The Morgan fingerprint density at radius 3 is 2.73 bits per heavy atom. The summed E-state index contributed by atoms with van der Waals surface area (Å²) in [6.45, 7) is 2.19. The Hall–Kier alpha value is -0.650. The summed E-state index contributed by atoms with van der Waals surface area (Å²) in [4.78, 5) is 0.380. The van der Waals surface area contributed by atoms with Crippen molar-refractivity contribution in [1.82, 2.24) is 10.6 Å². The van der Waals surface area contributed by atoms with Crippen molar-refractivity contribution in [3.8, 4) is 0 Å². The van der Waals surface area contributed by atoms with E-state index in [2.05, 4.69) is 10.6 Å². The van der Waals surface area contributed by atoms with Crippen molar-refractivity contribution in [3.05, 3.63) is 11.1 Å². The molecule has 2 N–H and O–H groups in total. The van der Waals surface area contributed by atoms with Crippen LogP contribution in [-0.2, 0) is 10.3 Å².